The summed E-state index contributed by atoms with van der Waals surface area (Å²) < 4.78 is 10.5. The van der Waals surface area contributed by atoms with Gasteiger partial charge in [-0.05, 0) is 54.8 Å². The molecule has 3 amide bonds. The predicted molar refractivity (Wildman–Crippen MR) is 123 cm³/mol. The van der Waals surface area contributed by atoms with E-state index in [9.17, 15) is 14.4 Å². The van der Waals surface area contributed by atoms with Crippen LogP contribution in [0.3, 0.4) is 0 Å². The standard InChI is InChI=1S/C25H29N3O5/c1-32-19-7-3-16(4-8-19)23-21(25(31)27-13-11-17(12-14-27)24(26)30)15-22(29)28(23)18-5-9-20(33-2)10-6-18/h3-10,17,21,23H,11-15H2,1-2H3,(H2,26,30)/t21-,23+/m1/s1. The molecular formula is C25H29N3O5. The number of rotatable bonds is 6. The largest absolute Gasteiger partial charge is 0.497 e. The van der Waals surface area contributed by atoms with Gasteiger partial charge in [-0.25, -0.2) is 0 Å². The molecular weight excluding hydrogens is 422 g/mol. The van der Waals surface area contributed by atoms with Crippen molar-refractivity contribution >= 4 is 23.4 Å². The lowest BCUT2D eigenvalue weighted by Crippen LogP contribution is -2.45. The molecule has 4 rings (SSSR count). The van der Waals surface area contributed by atoms with Gasteiger partial charge in [0.2, 0.25) is 17.7 Å². The lowest BCUT2D eigenvalue weighted by molar-refractivity contribution is -0.139. The maximum absolute atomic E-state index is 13.6. The summed E-state index contributed by atoms with van der Waals surface area (Å²) in [4.78, 5) is 41.8. The second kappa shape index (κ2) is 9.52. The van der Waals surface area contributed by atoms with Gasteiger partial charge >= 0.3 is 0 Å². The number of benzene rings is 2. The molecule has 0 aliphatic carbocycles. The zero-order valence-corrected chi connectivity index (χ0v) is 18.9. The van der Waals surface area contributed by atoms with Gasteiger partial charge in [0.15, 0.2) is 0 Å². The maximum Gasteiger partial charge on any atom is 0.228 e. The monoisotopic (exact) mass is 451 g/mol. The smallest absolute Gasteiger partial charge is 0.228 e. The minimum absolute atomic E-state index is 0.0666. The fourth-order valence-corrected chi connectivity index (χ4v) is 4.80. The van der Waals surface area contributed by atoms with Gasteiger partial charge in [0.25, 0.3) is 0 Å². The molecule has 8 heteroatoms. The molecule has 2 saturated heterocycles. The van der Waals surface area contributed by atoms with Crippen molar-refractivity contribution in [3.8, 4) is 11.5 Å². The molecule has 0 unspecified atom stereocenters. The van der Waals surface area contributed by atoms with Gasteiger partial charge in [-0.15, -0.1) is 0 Å². The Hall–Kier alpha value is -3.55. The number of amides is 3. The Bertz CT molecular complexity index is 1010. The Morgan fingerprint density at radius 2 is 1.45 bits per heavy atom. The first-order chi connectivity index (χ1) is 15.9. The number of anilines is 1. The van der Waals surface area contributed by atoms with Gasteiger partial charge in [-0.3, -0.25) is 14.4 Å². The zero-order valence-electron chi connectivity index (χ0n) is 18.9. The van der Waals surface area contributed by atoms with Crippen molar-refractivity contribution in [3.05, 3.63) is 54.1 Å². The number of methoxy groups -OCH3 is 2. The minimum atomic E-state index is -0.530. The molecule has 2 fully saturated rings. The summed E-state index contributed by atoms with van der Waals surface area (Å²) in [5.41, 5.74) is 7.02. The number of carbonyl (C=O) groups is 3. The number of primary amides is 1. The average Bonchev–Trinajstić information content (AvgIpc) is 3.20. The average molecular weight is 452 g/mol. The van der Waals surface area contributed by atoms with Crippen molar-refractivity contribution in [2.24, 2.45) is 17.6 Å². The highest BCUT2D eigenvalue weighted by molar-refractivity contribution is 6.01. The summed E-state index contributed by atoms with van der Waals surface area (Å²) in [6.45, 7) is 0.935. The van der Waals surface area contributed by atoms with E-state index in [2.05, 4.69) is 0 Å². The van der Waals surface area contributed by atoms with Crippen LogP contribution in [-0.2, 0) is 14.4 Å². The Morgan fingerprint density at radius 1 is 0.909 bits per heavy atom. The van der Waals surface area contributed by atoms with Crippen LogP contribution in [0.25, 0.3) is 0 Å². The van der Waals surface area contributed by atoms with Crippen molar-refractivity contribution in [2.45, 2.75) is 25.3 Å². The molecule has 0 saturated carbocycles. The molecule has 2 aromatic rings. The second-order valence-electron chi connectivity index (χ2n) is 8.49. The summed E-state index contributed by atoms with van der Waals surface area (Å²) in [7, 11) is 3.19. The fourth-order valence-electron chi connectivity index (χ4n) is 4.80. The van der Waals surface area contributed by atoms with Gasteiger partial charge in [0.1, 0.15) is 11.5 Å². The second-order valence-corrected chi connectivity index (χ2v) is 8.49. The Morgan fingerprint density at radius 3 is 1.97 bits per heavy atom. The van der Waals surface area contributed by atoms with E-state index < -0.39 is 12.0 Å². The third kappa shape index (κ3) is 4.51. The number of hydrogen-bond acceptors (Lipinski definition) is 5. The van der Waals surface area contributed by atoms with Crippen LogP contribution in [0.15, 0.2) is 48.5 Å². The lowest BCUT2D eigenvalue weighted by Gasteiger charge is -2.35. The molecule has 8 nitrogen and oxygen atoms in total. The van der Waals surface area contributed by atoms with Crippen LogP contribution in [0, 0.1) is 11.8 Å². The summed E-state index contributed by atoms with van der Waals surface area (Å²) in [6.07, 6.45) is 1.23. The fraction of sp³-hybridized carbons (Fsp3) is 0.400. The normalized spacial score (nSPS) is 21.2. The lowest BCUT2D eigenvalue weighted by atomic mass is 9.90. The van der Waals surface area contributed by atoms with Crippen LogP contribution >= 0.6 is 0 Å². The van der Waals surface area contributed by atoms with E-state index in [1.165, 1.54) is 0 Å². The van der Waals surface area contributed by atoms with E-state index in [1.807, 2.05) is 36.4 Å². The molecule has 2 heterocycles. The highest BCUT2D eigenvalue weighted by atomic mass is 16.5. The van der Waals surface area contributed by atoms with Gasteiger partial charge in [0, 0.05) is 31.1 Å². The molecule has 0 spiro atoms. The highest BCUT2D eigenvalue weighted by Gasteiger charge is 2.47. The van der Waals surface area contributed by atoms with E-state index in [1.54, 1.807) is 36.2 Å². The first-order valence-electron chi connectivity index (χ1n) is 11.1. The molecule has 0 aromatic heterocycles. The summed E-state index contributed by atoms with van der Waals surface area (Å²) in [6, 6.07) is 14.3. The van der Waals surface area contributed by atoms with Crippen LogP contribution in [0.5, 0.6) is 11.5 Å². The van der Waals surface area contributed by atoms with Crippen LogP contribution in [0.1, 0.15) is 30.9 Å². The van der Waals surface area contributed by atoms with Gasteiger partial charge in [0.05, 0.1) is 26.2 Å². The van der Waals surface area contributed by atoms with E-state index >= 15 is 0 Å². The van der Waals surface area contributed by atoms with Crippen molar-refractivity contribution in [3.63, 3.8) is 0 Å². The third-order valence-corrected chi connectivity index (χ3v) is 6.66. The summed E-state index contributed by atoms with van der Waals surface area (Å²) >= 11 is 0. The van der Waals surface area contributed by atoms with Crippen LogP contribution in [0.2, 0.25) is 0 Å². The Balaban J connectivity index is 1.65. The van der Waals surface area contributed by atoms with Crippen molar-refractivity contribution in [2.75, 3.05) is 32.2 Å². The van der Waals surface area contributed by atoms with E-state index in [0.29, 0.717) is 43.1 Å². The van der Waals surface area contributed by atoms with Gasteiger partial charge in [-0.1, -0.05) is 12.1 Å². The van der Waals surface area contributed by atoms with Crippen LogP contribution < -0.4 is 20.1 Å². The molecule has 2 aliphatic heterocycles. The number of likely N-dealkylation sites (tertiary alicyclic amines) is 1. The first-order valence-corrected chi connectivity index (χ1v) is 11.1. The summed E-state index contributed by atoms with van der Waals surface area (Å²) in [5, 5.41) is 0. The minimum Gasteiger partial charge on any atom is -0.497 e. The molecule has 174 valence electrons. The quantitative estimate of drug-likeness (QED) is 0.727. The highest BCUT2D eigenvalue weighted by Crippen LogP contribution is 2.43. The van der Waals surface area contributed by atoms with E-state index in [4.69, 9.17) is 15.2 Å². The molecule has 2 aliphatic rings. The topological polar surface area (TPSA) is 102 Å². The van der Waals surface area contributed by atoms with E-state index in [0.717, 1.165) is 5.56 Å². The van der Waals surface area contributed by atoms with Gasteiger partial charge in [-0.2, -0.15) is 0 Å². The molecule has 33 heavy (non-hydrogen) atoms. The predicted octanol–water partition coefficient (Wildman–Crippen LogP) is 2.52. The molecule has 2 N–H and O–H groups in total. The zero-order chi connectivity index (χ0) is 23.5. The van der Waals surface area contributed by atoms with E-state index in [-0.39, 0.29) is 30.1 Å². The number of hydrogen-bond donors (Lipinski definition) is 1. The van der Waals surface area contributed by atoms with Crippen molar-refractivity contribution in [1.29, 1.82) is 0 Å². The van der Waals surface area contributed by atoms with Crippen molar-refractivity contribution < 1.29 is 23.9 Å². The molecule has 0 radical (unpaired) electrons. The number of ether oxygens (including phenoxy) is 2. The van der Waals surface area contributed by atoms with Crippen molar-refractivity contribution in [1.82, 2.24) is 4.90 Å². The SMILES string of the molecule is COc1ccc([C@H]2[C@H](C(=O)N3CCC(C(N)=O)CC3)CC(=O)N2c2ccc(OC)cc2)cc1. The Kier molecular flexibility index (Phi) is 6.53. The van der Waals surface area contributed by atoms with Gasteiger partial charge < -0.3 is 25.0 Å². The number of piperidine rings is 1. The first kappa shape index (κ1) is 22.6. The van der Waals surface area contributed by atoms with Crippen LogP contribution in [-0.4, -0.2) is 49.9 Å². The molecule has 0 bridgehead atoms. The third-order valence-electron chi connectivity index (χ3n) is 6.66. The van der Waals surface area contributed by atoms with Crippen LogP contribution in [0.4, 0.5) is 5.69 Å². The number of carbonyl (C=O) groups excluding carboxylic acids is 3. The Labute approximate surface area is 193 Å². The molecule has 2 aromatic carbocycles. The molecule has 2 atom stereocenters. The maximum atomic E-state index is 13.6. The number of nitrogens with zero attached hydrogens (tertiary/aromatic N) is 2. The number of nitrogens with two attached hydrogens (primary N) is 1. The summed E-state index contributed by atoms with van der Waals surface area (Å²) in [5.74, 6) is 0.173.